The zero-order valence-corrected chi connectivity index (χ0v) is 28.0. The number of Topliss-reactive ketones (excluding diaryl/α,β-unsaturated/α-hetero) is 1. The number of hydrogen-bond donors (Lipinski definition) is 1. The second kappa shape index (κ2) is 15.9. The van der Waals surface area contributed by atoms with E-state index in [9.17, 15) is 19.1 Å². The van der Waals surface area contributed by atoms with Crippen molar-refractivity contribution in [3.63, 3.8) is 0 Å². The van der Waals surface area contributed by atoms with Crippen molar-refractivity contribution < 1.29 is 33.3 Å². The number of thioether (sulfide) groups is 1. The van der Waals surface area contributed by atoms with Crippen LogP contribution in [0.4, 0.5) is 9.52 Å². The monoisotopic (exact) mass is 677 g/mol. The number of amides is 1. The first kappa shape index (κ1) is 33.9. The highest BCUT2D eigenvalue weighted by atomic mass is 32.2. The molecule has 3 aromatic carbocycles. The maximum atomic E-state index is 13.7. The SMILES string of the molecule is CCCCOc1ccc(C2C(=C(O)c3ccc(OCCC)cc3)C(=O)C(=O)N2c2nnc(SCc3ccc(F)cc3)s2)cc1OCC. The van der Waals surface area contributed by atoms with Gasteiger partial charge in [-0.15, -0.1) is 10.2 Å². The second-order valence-corrected chi connectivity index (χ2v) is 12.8. The van der Waals surface area contributed by atoms with Crippen molar-refractivity contribution in [2.75, 3.05) is 24.7 Å². The van der Waals surface area contributed by atoms with E-state index in [1.807, 2.05) is 13.8 Å². The van der Waals surface area contributed by atoms with Gasteiger partial charge < -0.3 is 19.3 Å². The minimum absolute atomic E-state index is 0.0879. The molecule has 2 heterocycles. The predicted octanol–water partition coefficient (Wildman–Crippen LogP) is 7.96. The third kappa shape index (κ3) is 7.94. The molecule has 1 fully saturated rings. The van der Waals surface area contributed by atoms with Crippen molar-refractivity contribution in [1.82, 2.24) is 10.2 Å². The number of aliphatic hydroxyl groups is 1. The van der Waals surface area contributed by atoms with E-state index in [0.717, 1.165) is 36.2 Å². The summed E-state index contributed by atoms with van der Waals surface area (Å²) in [7, 11) is 0. The van der Waals surface area contributed by atoms with Crippen LogP contribution in [0, 0.1) is 5.82 Å². The van der Waals surface area contributed by atoms with E-state index in [2.05, 4.69) is 17.1 Å². The Labute approximate surface area is 281 Å². The topological polar surface area (TPSA) is 111 Å². The minimum Gasteiger partial charge on any atom is -0.507 e. The molecule has 47 heavy (non-hydrogen) atoms. The van der Waals surface area contributed by atoms with Crippen LogP contribution in [0.1, 0.15) is 62.8 Å². The molecule has 0 aliphatic carbocycles. The van der Waals surface area contributed by atoms with E-state index in [1.165, 1.54) is 28.8 Å². The van der Waals surface area contributed by atoms with Gasteiger partial charge in [-0.05, 0) is 79.4 Å². The van der Waals surface area contributed by atoms with E-state index in [-0.39, 0.29) is 22.3 Å². The van der Waals surface area contributed by atoms with Crippen molar-refractivity contribution in [3.05, 3.63) is 94.8 Å². The third-order valence-electron chi connectivity index (χ3n) is 7.26. The average molecular weight is 678 g/mol. The number of carbonyl (C=O) groups is 2. The van der Waals surface area contributed by atoms with Crippen molar-refractivity contribution in [2.45, 2.75) is 56.2 Å². The fourth-order valence-corrected chi connectivity index (χ4v) is 6.75. The van der Waals surface area contributed by atoms with E-state index in [4.69, 9.17) is 14.2 Å². The number of ketones is 1. The Morgan fingerprint density at radius 1 is 0.915 bits per heavy atom. The Morgan fingerprint density at radius 2 is 1.68 bits per heavy atom. The molecule has 4 aromatic rings. The zero-order valence-electron chi connectivity index (χ0n) is 26.4. The summed E-state index contributed by atoms with van der Waals surface area (Å²) in [5.41, 5.74) is 1.68. The third-order valence-corrected chi connectivity index (χ3v) is 9.39. The molecule has 1 aromatic heterocycles. The lowest BCUT2D eigenvalue weighted by molar-refractivity contribution is -0.132. The lowest BCUT2D eigenvalue weighted by atomic mass is 9.95. The Kier molecular flexibility index (Phi) is 11.5. The van der Waals surface area contributed by atoms with Gasteiger partial charge in [0.05, 0.1) is 31.4 Å². The summed E-state index contributed by atoms with van der Waals surface area (Å²) in [6, 6.07) is 17.1. The fraction of sp³-hybridized carbons (Fsp3) is 0.314. The van der Waals surface area contributed by atoms with Crippen molar-refractivity contribution >= 4 is 45.7 Å². The molecule has 9 nitrogen and oxygen atoms in total. The summed E-state index contributed by atoms with van der Waals surface area (Å²) in [5, 5.41) is 20.3. The maximum absolute atomic E-state index is 13.7. The van der Waals surface area contributed by atoms with Crippen LogP contribution in [0.15, 0.2) is 76.6 Å². The molecule has 12 heteroatoms. The van der Waals surface area contributed by atoms with Gasteiger partial charge in [-0.2, -0.15) is 0 Å². The van der Waals surface area contributed by atoms with Gasteiger partial charge in [0, 0.05) is 11.3 Å². The molecule has 1 amide bonds. The lowest BCUT2D eigenvalue weighted by Crippen LogP contribution is -2.29. The predicted molar refractivity (Wildman–Crippen MR) is 181 cm³/mol. The molecular formula is C35H36FN3O6S2. The summed E-state index contributed by atoms with van der Waals surface area (Å²) in [4.78, 5) is 28.7. The number of benzene rings is 3. The smallest absolute Gasteiger partial charge is 0.301 e. The van der Waals surface area contributed by atoms with Gasteiger partial charge in [-0.25, -0.2) is 4.39 Å². The first-order chi connectivity index (χ1) is 22.8. The molecule has 5 rings (SSSR count). The summed E-state index contributed by atoms with van der Waals surface area (Å²) >= 11 is 2.53. The first-order valence-electron chi connectivity index (χ1n) is 15.5. The molecule has 1 atom stereocenters. The number of carbonyl (C=O) groups excluding carboxylic acids is 2. The maximum Gasteiger partial charge on any atom is 0.301 e. The first-order valence-corrected chi connectivity index (χ1v) is 17.3. The van der Waals surface area contributed by atoms with E-state index in [1.54, 1.807) is 54.6 Å². The Balaban J connectivity index is 1.55. The minimum atomic E-state index is -1.03. The molecular weight excluding hydrogens is 642 g/mol. The highest BCUT2D eigenvalue weighted by Crippen LogP contribution is 2.45. The van der Waals surface area contributed by atoms with Crippen LogP contribution in [-0.4, -0.2) is 46.8 Å². The molecule has 0 radical (unpaired) electrons. The van der Waals surface area contributed by atoms with Gasteiger partial charge in [-0.1, -0.05) is 61.6 Å². The van der Waals surface area contributed by atoms with E-state index in [0.29, 0.717) is 58.3 Å². The molecule has 0 bridgehead atoms. The normalized spacial score (nSPS) is 15.7. The fourth-order valence-electron chi connectivity index (χ4n) is 4.92. The number of halogens is 1. The summed E-state index contributed by atoms with van der Waals surface area (Å²) < 4.78 is 31.5. The molecule has 1 aliphatic heterocycles. The standard InChI is InChI=1S/C35H36FN3O6S2/c1-4-7-19-45-27-17-12-24(20-28(27)43-6-3)30-29(31(40)23-10-15-26(16-11-23)44-18-5-2)32(41)33(42)39(30)34-37-38-35(47-34)46-21-22-8-13-25(36)14-9-22/h8-17,20,30,40H,4-7,18-19,21H2,1-3H3. The number of anilines is 1. The number of nitrogens with zero attached hydrogens (tertiary/aromatic N) is 3. The van der Waals surface area contributed by atoms with Crippen LogP contribution < -0.4 is 19.1 Å². The second-order valence-electron chi connectivity index (χ2n) is 10.6. The van der Waals surface area contributed by atoms with Gasteiger partial charge in [0.2, 0.25) is 5.13 Å². The van der Waals surface area contributed by atoms with E-state index < -0.39 is 17.7 Å². The summed E-state index contributed by atoms with van der Waals surface area (Å²) in [6.07, 6.45) is 2.68. The number of ether oxygens (including phenoxy) is 3. The van der Waals surface area contributed by atoms with Crippen molar-refractivity contribution in [2.24, 2.45) is 0 Å². The van der Waals surface area contributed by atoms with Crippen LogP contribution in [-0.2, 0) is 15.3 Å². The lowest BCUT2D eigenvalue weighted by Gasteiger charge is -2.23. The number of aliphatic hydroxyl groups excluding tert-OH is 1. The van der Waals surface area contributed by atoms with Gasteiger partial charge >= 0.3 is 5.91 Å². The van der Waals surface area contributed by atoms with Gasteiger partial charge in [0.15, 0.2) is 15.8 Å². The molecule has 0 saturated carbocycles. The number of aromatic nitrogens is 2. The summed E-state index contributed by atoms with van der Waals surface area (Å²) in [6.45, 7) is 7.36. The quantitative estimate of drug-likeness (QED) is 0.0335. The molecule has 246 valence electrons. The number of unbranched alkanes of at least 4 members (excludes halogenated alkanes) is 1. The van der Waals surface area contributed by atoms with Gasteiger partial charge in [0.1, 0.15) is 17.3 Å². The Morgan fingerprint density at radius 3 is 2.38 bits per heavy atom. The van der Waals surface area contributed by atoms with E-state index >= 15 is 0 Å². The van der Waals surface area contributed by atoms with Crippen LogP contribution in [0.5, 0.6) is 17.2 Å². The van der Waals surface area contributed by atoms with Crippen LogP contribution in [0.2, 0.25) is 0 Å². The molecule has 1 N–H and O–H groups in total. The molecule has 0 spiro atoms. The largest absolute Gasteiger partial charge is 0.507 e. The van der Waals surface area contributed by atoms with Crippen LogP contribution in [0.3, 0.4) is 0 Å². The van der Waals surface area contributed by atoms with Crippen LogP contribution >= 0.6 is 23.1 Å². The average Bonchev–Trinajstić information content (AvgIpc) is 3.65. The van der Waals surface area contributed by atoms with Crippen molar-refractivity contribution in [3.8, 4) is 17.2 Å². The van der Waals surface area contributed by atoms with Crippen LogP contribution in [0.25, 0.3) is 5.76 Å². The Bertz CT molecular complexity index is 1730. The number of rotatable bonds is 15. The summed E-state index contributed by atoms with van der Waals surface area (Å²) in [5.74, 6) is -0.207. The Hall–Kier alpha value is -4.42. The van der Waals surface area contributed by atoms with Crippen molar-refractivity contribution in [1.29, 1.82) is 0 Å². The van der Waals surface area contributed by atoms with Gasteiger partial charge in [0.25, 0.3) is 5.78 Å². The zero-order chi connectivity index (χ0) is 33.3. The highest BCUT2D eigenvalue weighted by Gasteiger charge is 2.48. The molecule has 1 aliphatic rings. The highest BCUT2D eigenvalue weighted by molar-refractivity contribution is 8.00. The van der Waals surface area contributed by atoms with Gasteiger partial charge in [-0.3, -0.25) is 14.5 Å². The molecule has 1 saturated heterocycles. The number of hydrogen-bond acceptors (Lipinski definition) is 10. The molecule has 1 unspecified atom stereocenters.